The number of carbonyl (C=O) groups is 1. The van der Waals surface area contributed by atoms with Crippen LogP contribution in [0, 0.1) is 0 Å². The summed E-state index contributed by atoms with van der Waals surface area (Å²) in [6, 6.07) is 17.9. The lowest BCUT2D eigenvalue weighted by molar-refractivity contribution is -0.119. The van der Waals surface area contributed by atoms with E-state index in [0.29, 0.717) is 12.8 Å². The highest BCUT2D eigenvalue weighted by Crippen LogP contribution is 2.27. The summed E-state index contributed by atoms with van der Waals surface area (Å²) < 4.78 is 1.02. The predicted molar refractivity (Wildman–Crippen MR) is 91.5 cm³/mol. The Hall–Kier alpha value is -1.67. The maximum atomic E-state index is 12.7. The molecule has 1 unspecified atom stereocenters. The van der Waals surface area contributed by atoms with Gasteiger partial charge in [-0.25, -0.2) is 0 Å². The third kappa shape index (κ3) is 4.68. The van der Waals surface area contributed by atoms with Crippen LogP contribution in [0.2, 0.25) is 0 Å². The second kappa shape index (κ2) is 7.37. The van der Waals surface area contributed by atoms with Gasteiger partial charge in [-0.15, -0.1) is 6.58 Å². The molecule has 0 bridgehead atoms. The molecule has 2 heteroatoms. The lowest BCUT2D eigenvalue weighted by atomic mass is 9.86. The Morgan fingerprint density at radius 2 is 1.71 bits per heavy atom. The first-order valence-electron chi connectivity index (χ1n) is 7.02. The first-order chi connectivity index (χ1) is 10.1. The van der Waals surface area contributed by atoms with Gasteiger partial charge in [0.15, 0.2) is 0 Å². The fourth-order valence-corrected chi connectivity index (χ4v) is 2.65. The zero-order valence-corrected chi connectivity index (χ0v) is 13.8. The minimum Gasteiger partial charge on any atom is -0.299 e. The number of rotatable bonds is 6. The van der Waals surface area contributed by atoms with E-state index < -0.39 is 0 Å². The standard InChI is InChI=1S/C19H19BrO/c1-14(2)12-18(16-8-10-17(20)11-9-16)19(21)13-15-6-4-3-5-7-15/h3-11,18H,1,12-13H2,2H3. The van der Waals surface area contributed by atoms with E-state index >= 15 is 0 Å². The molecular formula is C19H19BrO. The summed E-state index contributed by atoms with van der Waals surface area (Å²) in [6.07, 6.45) is 1.17. The number of hydrogen-bond acceptors (Lipinski definition) is 1. The SMILES string of the molecule is C=C(C)CC(C(=O)Cc1ccccc1)c1ccc(Br)cc1. The Kier molecular flexibility index (Phi) is 5.51. The summed E-state index contributed by atoms with van der Waals surface area (Å²) in [7, 11) is 0. The van der Waals surface area contributed by atoms with Gasteiger partial charge in [-0.3, -0.25) is 4.79 Å². The van der Waals surface area contributed by atoms with E-state index in [1.54, 1.807) is 0 Å². The largest absolute Gasteiger partial charge is 0.299 e. The van der Waals surface area contributed by atoms with Gasteiger partial charge in [-0.2, -0.15) is 0 Å². The van der Waals surface area contributed by atoms with E-state index in [4.69, 9.17) is 0 Å². The Labute approximate surface area is 134 Å². The van der Waals surface area contributed by atoms with Crippen molar-refractivity contribution >= 4 is 21.7 Å². The first-order valence-corrected chi connectivity index (χ1v) is 7.82. The van der Waals surface area contributed by atoms with E-state index in [-0.39, 0.29) is 11.7 Å². The van der Waals surface area contributed by atoms with Gasteiger partial charge in [0, 0.05) is 16.8 Å². The van der Waals surface area contributed by atoms with Crippen LogP contribution in [0.15, 0.2) is 71.2 Å². The minimum atomic E-state index is -0.115. The molecule has 0 amide bonds. The molecule has 1 atom stereocenters. The van der Waals surface area contributed by atoms with E-state index in [1.807, 2.05) is 61.5 Å². The number of halogens is 1. The molecule has 0 aliphatic carbocycles. The van der Waals surface area contributed by atoms with E-state index in [9.17, 15) is 4.79 Å². The molecule has 0 spiro atoms. The van der Waals surface area contributed by atoms with Crippen molar-refractivity contribution in [3.05, 3.63) is 82.3 Å². The van der Waals surface area contributed by atoms with Crippen LogP contribution in [0.25, 0.3) is 0 Å². The van der Waals surface area contributed by atoms with Crippen molar-refractivity contribution in [2.45, 2.75) is 25.7 Å². The Bertz CT molecular complexity index is 614. The highest BCUT2D eigenvalue weighted by atomic mass is 79.9. The molecular weight excluding hydrogens is 324 g/mol. The summed E-state index contributed by atoms with van der Waals surface area (Å²) in [5.74, 6) is 0.127. The maximum Gasteiger partial charge on any atom is 0.145 e. The van der Waals surface area contributed by atoms with Crippen molar-refractivity contribution in [1.29, 1.82) is 0 Å². The molecule has 2 aromatic carbocycles. The minimum absolute atomic E-state index is 0.115. The lowest BCUT2D eigenvalue weighted by Crippen LogP contribution is -2.15. The highest BCUT2D eigenvalue weighted by Gasteiger charge is 2.20. The normalized spacial score (nSPS) is 11.9. The summed E-state index contributed by atoms with van der Waals surface area (Å²) in [5.41, 5.74) is 3.15. The van der Waals surface area contributed by atoms with E-state index in [2.05, 4.69) is 22.5 Å². The zero-order valence-electron chi connectivity index (χ0n) is 12.2. The van der Waals surface area contributed by atoms with Crippen molar-refractivity contribution < 1.29 is 4.79 Å². The van der Waals surface area contributed by atoms with Gasteiger partial charge in [0.1, 0.15) is 5.78 Å². The molecule has 0 heterocycles. The number of ketones is 1. The maximum absolute atomic E-state index is 12.7. The molecule has 0 saturated heterocycles. The molecule has 108 valence electrons. The topological polar surface area (TPSA) is 17.1 Å². The average molecular weight is 343 g/mol. The third-order valence-electron chi connectivity index (χ3n) is 3.43. The van der Waals surface area contributed by atoms with Crippen molar-refractivity contribution in [1.82, 2.24) is 0 Å². The quantitative estimate of drug-likeness (QED) is 0.650. The Morgan fingerprint density at radius 3 is 2.29 bits per heavy atom. The second-order valence-corrected chi connectivity index (χ2v) is 6.31. The molecule has 0 aliphatic heterocycles. The molecule has 0 radical (unpaired) electrons. The predicted octanol–water partition coefficient (Wildman–Crippen LogP) is 5.31. The molecule has 2 rings (SSSR count). The van der Waals surface area contributed by atoms with E-state index in [0.717, 1.165) is 21.2 Å². The zero-order chi connectivity index (χ0) is 15.2. The number of hydrogen-bond donors (Lipinski definition) is 0. The third-order valence-corrected chi connectivity index (χ3v) is 3.96. The molecule has 2 aromatic rings. The molecule has 0 N–H and O–H groups in total. The van der Waals surface area contributed by atoms with Crippen LogP contribution < -0.4 is 0 Å². The van der Waals surface area contributed by atoms with Gasteiger partial charge in [0.05, 0.1) is 0 Å². The van der Waals surface area contributed by atoms with Crippen molar-refractivity contribution in [2.75, 3.05) is 0 Å². The molecule has 21 heavy (non-hydrogen) atoms. The smallest absolute Gasteiger partial charge is 0.145 e. The van der Waals surface area contributed by atoms with Crippen molar-refractivity contribution in [3.63, 3.8) is 0 Å². The van der Waals surface area contributed by atoms with Crippen molar-refractivity contribution in [2.24, 2.45) is 0 Å². The number of carbonyl (C=O) groups excluding carboxylic acids is 1. The molecule has 0 aromatic heterocycles. The molecule has 0 fully saturated rings. The van der Waals surface area contributed by atoms with Gasteiger partial charge in [-0.05, 0) is 36.6 Å². The number of allylic oxidation sites excluding steroid dienone is 1. The summed E-state index contributed by atoms with van der Waals surface area (Å²) in [5, 5.41) is 0. The van der Waals surface area contributed by atoms with Gasteiger partial charge < -0.3 is 0 Å². The fourth-order valence-electron chi connectivity index (χ4n) is 2.38. The van der Waals surface area contributed by atoms with Crippen LogP contribution in [-0.2, 0) is 11.2 Å². The van der Waals surface area contributed by atoms with Crippen LogP contribution in [0.4, 0.5) is 0 Å². The monoisotopic (exact) mass is 342 g/mol. The van der Waals surface area contributed by atoms with Crippen LogP contribution >= 0.6 is 15.9 Å². The molecule has 0 saturated carbocycles. The van der Waals surface area contributed by atoms with Gasteiger partial charge >= 0.3 is 0 Å². The number of Topliss-reactive ketones (excluding diaryl/α,β-unsaturated/α-hetero) is 1. The van der Waals surface area contributed by atoms with Crippen LogP contribution in [0.1, 0.15) is 30.4 Å². The van der Waals surface area contributed by atoms with Gasteiger partial charge in [0.2, 0.25) is 0 Å². The lowest BCUT2D eigenvalue weighted by Gasteiger charge is -2.17. The summed E-state index contributed by atoms with van der Waals surface area (Å²) in [6.45, 7) is 5.94. The Morgan fingerprint density at radius 1 is 1.10 bits per heavy atom. The van der Waals surface area contributed by atoms with Crippen molar-refractivity contribution in [3.8, 4) is 0 Å². The van der Waals surface area contributed by atoms with Gasteiger partial charge in [-0.1, -0.05) is 64.0 Å². The second-order valence-electron chi connectivity index (χ2n) is 5.39. The van der Waals surface area contributed by atoms with Crippen LogP contribution in [0.3, 0.4) is 0 Å². The van der Waals surface area contributed by atoms with Crippen LogP contribution in [0.5, 0.6) is 0 Å². The van der Waals surface area contributed by atoms with Crippen LogP contribution in [-0.4, -0.2) is 5.78 Å². The summed E-state index contributed by atoms with van der Waals surface area (Å²) in [4.78, 5) is 12.7. The molecule has 0 aliphatic rings. The van der Waals surface area contributed by atoms with Gasteiger partial charge in [0.25, 0.3) is 0 Å². The highest BCUT2D eigenvalue weighted by molar-refractivity contribution is 9.10. The number of benzene rings is 2. The fraction of sp³-hybridized carbons (Fsp3) is 0.211. The Balaban J connectivity index is 2.21. The summed E-state index contributed by atoms with van der Waals surface area (Å²) >= 11 is 3.43. The molecule has 1 nitrogen and oxygen atoms in total. The first kappa shape index (κ1) is 15.7. The van der Waals surface area contributed by atoms with E-state index in [1.165, 1.54) is 0 Å². The average Bonchev–Trinajstić information content (AvgIpc) is 2.46.